The van der Waals surface area contributed by atoms with E-state index in [2.05, 4.69) is 10.3 Å². The van der Waals surface area contributed by atoms with Crippen molar-refractivity contribution in [3.63, 3.8) is 0 Å². The van der Waals surface area contributed by atoms with Crippen LogP contribution in [0.2, 0.25) is 0 Å². The molecule has 1 N–H and O–H groups in total. The highest BCUT2D eigenvalue weighted by atomic mass is 32.1. The van der Waals surface area contributed by atoms with E-state index in [0.29, 0.717) is 29.5 Å². The first kappa shape index (κ1) is 19.0. The van der Waals surface area contributed by atoms with Crippen molar-refractivity contribution in [1.82, 2.24) is 4.98 Å². The molecular weight excluding hydrogens is 366 g/mol. The minimum absolute atomic E-state index is 0.0324. The van der Waals surface area contributed by atoms with E-state index in [0.717, 1.165) is 17.5 Å². The van der Waals surface area contributed by atoms with Gasteiger partial charge in [-0.3, -0.25) is 19.3 Å². The fraction of sp³-hybridized carbons (Fsp3) is 0.368. The van der Waals surface area contributed by atoms with Crippen molar-refractivity contribution < 1.29 is 19.1 Å². The average molecular weight is 387 g/mol. The van der Waals surface area contributed by atoms with E-state index in [1.54, 1.807) is 10.3 Å². The number of hydrogen-bond donors (Lipinski definition) is 1. The van der Waals surface area contributed by atoms with Crippen molar-refractivity contribution >= 4 is 39.9 Å². The quantitative estimate of drug-likeness (QED) is 0.770. The van der Waals surface area contributed by atoms with E-state index >= 15 is 0 Å². The van der Waals surface area contributed by atoms with Crippen LogP contribution in [0.25, 0.3) is 0 Å². The molecule has 0 atom stereocenters. The van der Waals surface area contributed by atoms with Crippen molar-refractivity contribution in [2.75, 3.05) is 23.4 Å². The van der Waals surface area contributed by atoms with Crippen LogP contribution in [0.15, 0.2) is 23.6 Å². The number of thiazole rings is 1. The van der Waals surface area contributed by atoms with Crippen LogP contribution >= 0.6 is 11.3 Å². The van der Waals surface area contributed by atoms with E-state index < -0.39 is 11.9 Å². The number of nitrogens with one attached hydrogen (secondary N) is 1. The van der Waals surface area contributed by atoms with Crippen LogP contribution in [0.3, 0.4) is 0 Å². The van der Waals surface area contributed by atoms with E-state index in [-0.39, 0.29) is 18.9 Å². The molecule has 1 aromatic carbocycles. The Morgan fingerprint density at radius 3 is 2.67 bits per heavy atom. The molecule has 3 rings (SSSR count). The summed E-state index contributed by atoms with van der Waals surface area (Å²) in [6.07, 6.45) is 1.33. The molecule has 0 aliphatic carbocycles. The molecule has 142 valence electrons. The lowest BCUT2D eigenvalue weighted by Crippen LogP contribution is -2.23. The fourth-order valence-corrected chi connectivity index (χ4v) is 3.81. The van der Waals surface area contributed by atoms with Crippen LogP contribution in [0.4, 0.5) is 10.8 Å². The number of anilines is 2. The van der Waals surface area contributed by atoms with E-state index in [1.165, 1.54) is 11.3 Å². The Bertz CT molecular complexity index is 857. The molecule has 27 heavy (non-hydrogen) atoms. The molecule has 7 nitrogen and oxygen atoms in total. The zero-order valence-electron chi connectivity index (χ0n) is 15.3. The lowest BCUT2D eigenvalue weighted by molar-refractivity contribution is -0.146. The average Bonchev–Trinajstić information content (AvgIpc) is 3.20. The van der Waals surface area contributed by atoms with Gasteiger partial charge in [-0.1, -0.05) is 6.07 Å². The van der Waals surface area contributed by atoms with Crippen LogP contribution < -0.4 is 10.2 Å². The number of aryl methyl sites for hydroxylation is 2. The molecule has 8 heteroatoms. The first-order valence-electron chi connectivity index (χ1n) is 8.69. The van der Waals surface area contributed by atoms with E-state index in [9.17, 15) is 14.4 Å². The molecule has 2 heterocycles. The summed E-state index contributed by atoms with van der Waals surface area (Å²) in [5.41, 5.74) is 3.29. The summed E-state index contributed by atoms with van der Waals surface area (Å²) >= 11 is 1.33. The molecule has 1 aliphatic rings. The van der Waals surface area contributed by atoms with E-state index in [1.807, 2.05) is 32.0 Å². The third-order valence-electron chi connectivity index (χ3n) is 4.04. The first-order valence-corrected chi connectivity index (χ1v) is 9.57. The Morgan fingerprint density at radius 1 is 1.26 bits per heavy atom. The van der Waals surface area contributed by atoms with Gasteiger partial charge in [-0.15, -0.1) is 11.3 Å². The highest BCUT2D eigenvalue weighted by Gasteiger charge is 2.24. The van der Waals surface area contributed by atoms with Crippen molar-refractivity contribution in [2.24, 2.45) is 0 Å². The third kappa shape index (κ3) is 5.13. The summed E-state index contributed by atoms with van der Waals surface area (Å²) < 4.78 is 5.03. The number of amides is 2. The second-order valence-electron chi connectivity index (χ2n) is 6.53. The maximum atomic E-state index is 12.0. The summed E-state index contributed by atoms with van der Waals surface area (Å²) in [6, 6.07) is 5.71. The van der Waals surface area contributed by atoms with Gasteiger partial charge in [0.2, 0.25) is 5.91 Å². The van der Waals surface area contributed by atoms with Crippen LogP contribution in [0.1, 0.15) is 29.7 Å². The topological polar surface area (TPSA) is 88.6 Å². The molecule has 1 saturated heterocycles. The number of hydrogen-bond acceptors (Lipinski definition) is 6. The molecule has 0 spiro atoms. The summed E-state index contributed by atoms with van der Waals surface area (Å²) in [6.45, 7) is 4.20. The van der Waals surface area contributed by atoms with Crippen molar-refractivity contribution in [3.8, 4) is 0 Å². The SMILES string of the molecule is Cc1cc(C)cc(NC(=O)COC(=O)Cc2csc(N3CCCC3=O)n2)c1. The highest BCUT2D eigenvalue weighted by molar-refractivity contribution is 7.14. The van der Waals surface area contributed by atoms with Crippen molar-refractivity contribution in [3.05, 3.63) is 40.4 Å². The molecule has 2 amide bonds. The number of rotatable bonds is 6. The number of nitrogens with zero attached hydrogens (tertiary/aromatic N) is 2. The molecule has 1 fully saturated rings. The molecule has 1 aromatic heterocycles. The number of ether oxygens (including phenoxy) is 1. The summed E-state index contributed by atoms with van der Waals surface area (Å²) in [5.74, 6) is -0.869. The smallest absolute Gasteiger partial charge is 0.312 e. The monoisotopic (exact) mass is 387 g/mol. The first-order chi connectivity index (χ1) is 12.9. The van der Waals surface area contributed by atoms with Crippen molar-refractivity contribution in [1.29, 1.82) is 0 Å². The van der Waals surface area contributed by atoms with Gasteiger partial charge < -0.3 is 10.1 Å². The number of carbonyl (C=O) groups excluding carboxylic acids is 3. The predicted molar refractivity (Wildman–Crippen MR) is 103 cm³/mol. The third-order valence-corrected chi connectivity index (χ3v) is 4.95. The Labute approximate surface area is 161 Å². The normalized spacial score (nSPS) is 13.7. The minimum Gasteiger partial charge on any atom is -0.455 e. The lowest BCUT2D eigenvalue weighted by atomic mass is 10.1. The van der Waals surface area contributed by atoms with Crippen LogP contribution in [-0.4, -0.2) is 35.9 Å². The molecule has 1 aliphatic heterocycles. The molecule has 0 saturated carbocycles. The zero-order valence-corrected chi connectivity index (χ0v) is 16.1. The van der Waals surface area contributed by atoms with Gasteiger partial charge in [0.1, 0.15) is 0 Å². The summed E-state index contributed by atoms with van der Waals surface area (Å²) in [7, 11) is 0. The zero-order chi connectivity index (χ0) is 19.4. The standard InChI is InChI=1S/C19H21N3O4S/c1-12-6-13(2)8-14(7-12)20-16(23)10-26-18(25)9-15-11-27-19(21-15)22-5-3-4-17(22)24/h6-8,11H,3-5,9-10H2,1-2H3,(H,20,23). The predicted octanol–water partition coefficient (Wildman–Crippen LogP) is 2.61. The second-order valence-corrected chi connectivity index (χ2v) is 7.37. The Kier molecular flexibility index (Phi) is 5.85. The maximum absolute atomic E-state index is 12.0. The Morgan fingerprint density at radius 2 is 2.00 bits per heavy atom. The van der Waals surface area contributed by atoms with Gasteiger partial charge in [-0.2, -0.15) is 0 Å². The number of benzene rings is 1. The minimum atomic E-state index is -0.532. The largest absolute Gasteiger partial charge is 0.455 e. The van der Waals surface area contributed by atoms with Gasteiger partial charge in [0, 0.05) is 24.0 Å². The van der Waals surface area contributed by atoms with Gasteiger partial charge in [-0.05, 0) is 43.5 Å². The van der Waals surface area contributed by atoms with Crippen molar-refractivity contribution in [2.45, 2.75) is 33.1 Å². The van der Waals surface area contributed by atoms with Gasteiger partial charge >= 0.3 is 5.97 Å². The molecule has 0 unspecified atom stereocenters. The van der Waals surface area contributed by atoms with Gasteiger partial charge in [0.15, 0.2) is 11.7 Å². The molecule has 0 radical (unpaired) electrons. The second kappa shape index (κ2) is 8.30. The van der Waals surface area contributed by atoms with Gasteiger partial charge in [-0.25, -0.2) is 4.98 Å². The van der Waals surface area contributed by atoms with Crippen LogP contribution in [0.5, 0.6) is 0 Å². The molecule has 2 aromatic rings. The Hall–Kier alpha value is -2.74. The maximum Gasteiger partial charge on any atom is 0.312 e. The summed E-state index contributed by atoms with van der Waals surface area (Å²) in [5, 5.41) is 5.05. The fourth-order valence-electron chi connectivity index (χ4n) is 2.94. The number of aromatic nitrogens is 1. The van der Waals surface area contributed by atoms with E-state index in [4.69, 9.17) is 4.74 Å². The number of esters is 1. The molecular formula is C19H21N3O4S. The molecule has 0 bridgehead atoms. The summed E-state index contributed by atoms with van der Waals surface area (Å²) in [4.78, 5) is 41.6. The van der Waals surface area contributed by atoms with Crippen LogP contribution in [0, 0.1) is 13.8 Å². The van der Waals surface area contributed by atoms with Crippen LogP contribution in [-0.2, 0) is 25.5 Å². The van der Waals surface area contributed by atoms with Gasteiger partial charge in [0.05, 0.1) is 12.1 Å². The van der Waals surface area contributed by atoms with Gasteiger partial charge in [0.25, 0.3) is 5.91 Å². The number of carbonyl (C=O) groups is 3. The highest BCUT2D eigenvalue weighted by Crippen LogP contribution is 2.25. The Balaban J connectivity index is 1.47. The lowest BCUT2D eigenvalue weighted by Gasteiger charge is -2.10.